The number of hydrogen-bond acceptors (Lipinski definition) is 3. The molecule has 1 aliphatic rings. The van der Waals surface area contributed by atoms with Crippen LogP contribution < -0.4 is 9.47 Å². The minimum absolute atomic E-state index is 0.292. The highest BCUT2D eigenvalue weighted by atomic mass is 16.5. The van der Waals surface area contributed by atoms with E-state index >= 15 is 0 Å². The van der Waals surface area contributed by atoms with Crippen molar-refractivity contribution in [2.45, 2.75) is 25.4 Å². The first kappa shape index (κ1) is 10.0. The summed E-state index contributed by atoms with van der Waals surface area (Å²) in [5.41, 5.74) is 0.616. The predicted octanol–water partition coefficient (Wildman–Crippen LogP) is 2.44. The molecular formula is C12H14O3. The monoisotopic (exact) mass is 206 g/mol. The van der Waals surface area contributed by atoms with Crippen LogP contribution in [-0.2, 0) is 0 Å². The van der Waals surface area contributed by atoms with Crippen molar-refractivity contribution < 1.29 is 14.3 Å². The zero-order valence-electron chi connectivity index (χ0n) is 8.73. The van der Waals surface area contributed by atoms with Gasteiger partial charge in [0.2, 0.25) is 0 Å². The summed E-state index contributed by atoms with van der Waals surface area (Å²) in [6, 6.07) is 5.21. The Morgan fingerprint density at radius 1 is 1.33 bits per heavy atom. The minimum Gasteiger partial charge on any atom is -0.493 e. The van der Waals surface area contributed by atoms with Crippen LogP contribution in [0.4, 0.5) is 0 Å². The van der Waals surface area contributed by atoms with Crippen LogP contribution in [-0.4, -0.2) is 19.5 Å². The molecule has 1 fully saturated rings. The van der Waals surface area contributed by atoms with Crippen molar-refractivity contribution in [1.29, 1.82) is 0 Å². The molecule has 0 spiro atoms. The summed E-state index contributed by atoms with van der Waals surface area (Å²) in [6.45, 7) is 0. The van der Waals surface area contributed by atoms with Crippen molar-refractivity contribution in [1.82, 2.24) is 0 Å². The lowest BCUT2D eigenvalue weighted by atomic mass is 9.96. The third-order valence-electron chi connectivity index (χ3n) is 2.67. The molecule has 2 rings (SSSR count). The number of aldehydes is 1. The van der Waals surface area contributed by atoms with Crippen LogP contribution >= 0.6 is 0 Å². The van der Waals surface area contributed by atoms with Gasteiger partial charge in [-0.2, -0.15) is 0 Å². The van der Waals surface area contributed by atoms with Crippen molar-refractivity contribution >= 4 is 6.29 Å². The summed E-state index contributed by atoms with van der Waals surface area (Å²) in [5.74, 6) is 1.36. The molecule has 1 saturated carbocycles. The summed E-state index contributed by atoms with van der Waals surface area (Å²) in [5, 5.41) is 0. The second kappa shape index (κ2) is 4.34. The Hall–Kier alpha value is -1.51. The van der Waals surface area contributed by atoms with E-state index in [0.717, 1.165) is 19.1 Å². The van der Waals surface area contributed by atoms with E-state index in [9.17, 15) is 4.79 Å². The second-order valence-corrected chi connectivity index (χ2v) is 3.70. The van der Waals surface area contributed by atoms with Crippen molar-refractivity contribution in [3.63, 3.8) is 0 Å². The van der Waals surface area contributed by atoms with Gasteiger partial charge in [-0.05, 0) is 37.5 Å². The minimum atomic E-state index is 0.292. The Morgan fingerprint density at radius 3 is 2.67 bits per heavy atom. The average Bonchev–Trinajstić information content (AvgIpc) is 2.23. The second-order valence-electron chi connectivity index (χ2n) is 3.70. The average molecular weight is 206 g/mol. The smallest absolute Gasteiger partial charge is 0.162 e. The van der Waals surface area contributed by atoms with Gasteiger partial charge in [0.15, 0.2) is 11.5 Å². The van der Waals surface area contributed by atoms with Crippen LogP contribution in [0.2, 0.25) is 0 Å². The van der Waals surface area contributed by atoms with Gasteiger partial charge in [0.25, 0.3) is 0 Å². The molecule has 0 saturated heterocycles. The van der Waals surface area contributed by atoms with Crippen LogP contribution in [0, 0.1) is 0 Å². The fourth-order valence-electron chi connectivity index (χ4n) is 1.53. The largest absolute Gasteiger partial charge is 0.493 e. The number of hydrogen-bond donors (Lipinski definition) is 0. The van der Waals surface area contributed by atoms with Crippen molar-refractivity contribution in [3.05, 3.63) is 23.8 Å². The van der Waals surface area contributed by atoms with Gasteiger partial charge in [-0.3, -0.25) is 4.79 Å². The van der Waals surface area contributed by atoms with E-state index < -0.39 is 0 Å². The van der Waals surface area contributed by atoms with Crippen LogP contribution in [0.25, 0.3) is 0 Å². The summed E-state index contributed by atoms with van der Waals surface area (Å²) in [7, 11) is 1.60. The molecule has 0 atom stereocenters. The standard InChI is InChI=1S/C12H14O3/c1-14-11-6-5-9(8-13)7-12(11)15-10-3-2-4-10/h5-8,10H,2-4H2,1H3. The zero-order valence-corrected chi connectivity index (χ0v) is 8.73. The van der Waals surface area contributed by atoms with Gasteiger partial charge >= 0.3 is 0 Å². The fraction of sp³-hybridized carbons (Fsp3) is 0.417. The maximum atomic E-state index is 10.6. The van der Waals surface area contributed by atoms with Crippen LogP contribution in [0.15, 0.2) is 18.2 Å². The van der Waals surface area contributed by atoms with E-state index in [2.05, 4.69) is 0 Å². The van der Waals surface area contributed by atoms with E-state index in [0.29, 0.717) is 23.2 Å². The first-order valence-corrected chi connectivity index (χ1v) is 5.13. The zero-order chi connectivity index (χ0) is 10.7. The molecule has 15 heavy (non-hydrogen) atoms. The van der Waals surface area contributed by atoms with Crippen LogP contribution in [0.1, 0.15) is 29.6 Å². The fourth-order valence-corrected chi connectivity index (χ4v) is 1.53. The van der Waals surface area contributed by atoms with Crippen LogP contribution in [0.3, 0.4) is 0 Å². The van der Waals surface area contributed by atoms with Gasteiger partial charge in [0.1, 0.15) is 6.29 Å². The van der Waals surface area contributed by atoms with E-state index in [-0.39, 0.29) is 0 Å². The molecule has 1 aromatic carbocycles. The summed E-state index contributed by atoms with van der Waals surface area (Å²) >= 11 is 0. The lowest BCUT2D eigenvalue weighted by Crippen LogP contribution is -2.24. The Labute approximate surface area is 89.0 Å². The van der Waals surface area contributed by atoms with E-state index in [1.54, 1.807) is 25.3 Å². The quantitative estimate of drug-likeness (QED) is 0.710. The lowest BCUT2D eigenvalue weighted by molar-refractivity contribution is 0.110. The molecule has 0 aromatic heterocycles. The summed E-state index contributed by atoms with van der Waals surface area (Å²) < 4.78 is 10.9. The van der Waals surface area contributed by atoms with E-state index in [4.69, 9.17) is 9.47 Å². The number of carbonyl (C=O) groups excluding carboxylic acids is 1. The molecule has 0 heterocycles. The highest BCUT2D eigenvalue weighted by Gasteiger charge is 2.20. The molecule has 1 aromatic rings. The Morgan fingerprint density at radius 2 is 2.13 bits per heavy atom. The molecule has 0 unspecified atom stereocenters. The number of methoxy groups -OCH3 is 1. The van der Waals surface area contributed by atoms with Gasteiger partial charge in [-0.1, -0.05) is 0 Å². The van der Waals surface area contributed by atoms with Crippen molar-refractivity contribution in [2.24, 2.45) is 0 Å². The first-order chi connectivity index (χ1) is 7.33. The van der Waals surface area contributed by atoms with Crippen molar-refractivity contribution in [3.8, 4) is 11.5 Å². The van der Waals surface area contributed by atoms with Gasteiger partial charge in [-0.15, -0.1) is 0 Å². The molecule has 0 amide bonds. The van der Waals surface area contributed by atoms with E-state index in [1.807, 2.05) is 0 Å². The Balaban J connectivity index is 2.20. The molecule has 80 valence electrons. The SMILES string of the molecule is COc1ccc(C=O)cc1OC1CCC1. The molecule has 3 nitrogen and oxygen atoms in total. The first-order valence-electron chi connectivity index (χ1n) is 5.13. The molecule has 0 N–H and O–H groups in total. The maximum Gasteiger partial charge on any atom is 0.162 e. The highest BCUT2D eigenvalue weighted by Crippen LogP contribution is 2.32. The Kier molecular flexibility index (Phi) is 2.90. The van der Waals surface area contributed by atoms with Gasteiger partial charge < -0.3 is 9.47 Å². The molecule has 0 radical (unpaired) electrons. The lowest BCUT2D eigenvalue weighted by Gasteiger charge is -2.27. The predicted molar refractivity (Wildman–Crippen MR) is 56.6 cm³/mol. The summed E-state index contributed by atoms with van der Waals surface area (Å²) in [4.78, 5) is 10.6. The molecular weight excluding hydrogens is 192 g/mol. The molecule has 1 aliphatic carbocycles. The number of benzene rings is 1. The Bertz CT molecular complexity index is 356. The van der Waals surface area contributed by atoms with Gasteiger partial charge in [-0.25, -0.2) is 0 Å². The molecule has 0 bridgehead atoms. The third kappa shape index (κ3) is 2.12. The normalized spacial score (nSPS) is 15.5. The highest BCUT2D eigenvalue weighted by molar-refractivity contribution is 5.76. The van der Waals surface area contributed by atoms with E-state index in [1.165, 1.54) is 6.42 Å². The number of rotatable bonds is 4. The molecule has 0 aliphatic heterocycles. The summed E-state index contributed by atoms with van der Waals surface area (Å²) in [6.07, 6.45) is 4.51. The van der Waals surface area contributed by atoms with Crippen molar-refractivity contribution in [2.75, 3.05) is 7.11 Å². The number of ether oxygens (including phenoxy) is 2. The van der Waals surface area contributed by atoms with Gasteiger partial charge in [0, 0.05) is 5.56 Å². The van der Waals surface area contributed by atoms with Gasteiger partial charge in [0.05, 0.1) is 13.2 Å². The molecule has 3 heteroatoms. The maximum absolute atomic E-state index is 10.6. The third-order valence-corrected chi connectivity index (χ3v) is 2.67. The topological polar surface area (TPSA) is 35.5 Å². The number of carbonyl (C=O) groups is 1. The van der Waals surface area contributed by atoms with Crippen LogP contribution in [0.5, 0.6) is 11.5 Å².